The number of nitro benzene ring substituents is 1. The summed E-state index contributed by atoms with van der Waals surface area (Å²) in [6.45, 7) is 12.0. The predicted molar refractivity (Wildman–Crippen MR) is 255 cm³/mol. The molecule has 0 unspecified atom stereocenters. The second-order valence-electron chi connectivity index (χ2n) is 18.5. The van der Waals surface area contributed by atoms with Crippen molar-refractivity contribution in [1.82, 2.24) is 31.1 Å². The molecule has 0 aromatic heterocycles. The highest BCUT2D eigenvalue weighted by atomic mass is 16.7. The number of benzene rings is 2. The number of terminal acetylenes is 1. The Morgan fingerprint density at radius 2 is 1.39 bits per heavy atom. The van der Waals surface area contributed by atoms with Gasteiger partial charge in [-0.2, -0.15) is 0 Å². The van der Waals surface area contributed by atoms with Crippen LogP contribution in [0.3, 0.4) is 0 Å². The van der Waals surface area contributed by atoms with E-state index in [1.165, 1.54) is 31.2 Å². The molecule has 4 atom stereocenters. The lowest BCUT2D eigenvalue weighted by molar-refractivity contribution is -0.384. The second kappa shape index (κ2) is 26.0. The zero-order chi connectivity index (χ0) is 54.1. The molecule has 2 aromatic rings. The molecule has 2 aromatic carbocycles. The van der Waals surface area contributed by atoms with Gasteiger partial charge in [0, 0.05) is 36.4 Å². The van der Waals surface area contributed by atoms with E-state index in [4.69, 9.17) is 25.4 Å². The van der Waals surface area contributed by atoms with Gasteiger partial charge in [0.1, 0.15) is 54.3 Å². The summed E-state index contributed by atoms with van der Waals surface area (Å²) in [5, 5.41) is 23.4. The number of ether oxygens (including phenoxy) is 4. The van der Waals surface area contributed by atoms with Crippen molar-refractivity contribution >= 4 is 70.9 Å². The van der Waals surface area contributed by atoms with Crippen LogP contribution in [-0.2, 0) is 59.2 Å². The first-order chi connectivity index (χ1) is 33.6. The van der Waals surface area contributed by atoms with Gasteiger partial charge in [0.25, 0.3) is 17.5 Å². The third-order valence-electron chi connectivity index (χ3n) is 9.74. The van der Waals surface area contributed by atoms with Crippen molar-refractivity contribution in [2.45, 2.75) is 117 Å². The average Bonchev–Trinajstić information content (AvgIpc) is 3.61. The average molecular weight is 1010 g/mol. The second-order valence-corrected chi connectivity index (χ2v) is 18.5. The van der Waals surface area contributed by atoms with Crippen molar-refractivity contribution in [3.05, 3.63) is 76.4 Å². The number of anilines is 1. The Balaban J connectivity index is 1.68. The highest BCUT2D eigenvalue weighted by Crippen LogP contribution is 2.20. The normalized spacial score (nSPS) is 13.8. The van der Waals surface area contributed by atoms with Crippen molar-refractivity contribution in [1.29, 1.82) is 0 Å². The van der Waals surface area contributed by atoms with Crippen LogP contribution in [-0.4, -0.2) is 129 Å². The van der Waals surface area contributed by atoms with Crippen LogP contribution in [0.15, 0.2) is 60.7 Å². The lowest BCUT2D eigenvalue weighted by Gasteiger charge is -2.33. The molecular formula is C48H60N8O16. The molecule has 1 aliphatic rings. The lowest BCUT2D eigenvalue weighted by Crippen LogP contribution is -2.59. The van der Waals surface area contributed by atoms with E-state index < -0.39 is 132 Å². The van der Waals surface area contributed by atoms with Crippen molar-refractivity contribution in [2.75, 3.05) is 25.0 Å². The smallest absolute Gasteiger partial charge is 0.459 e. The Hall–Kier alpha value is -8.36. The molecule has 24 nitrogen and oxygen atoms in total. The van der Waals surface area contributed by atoms with Gasteiger partial charge in [-0.25, -0.2) is 9.59 Å². The summed E-state index contributed by atoms with van der Waals surface area (Å²) in [4.78, 5) is 144. The molecule has 0 fully saturated rings. The van der Waals surface area contributed by atoms with E-state index in [1.54, 1.807) is 67.5 Å². The van der Waals surface area contributed by atoms with Gasteiger partial charge in [-0.3, -0.25) is 58.3 Å². The number of rotatable bonds is 22. The van der Waals surface area contributed by atoms with Crippen LogP contribution >= 0.6 is 0 Å². The number of hydrogen-bond acceptors (Lipinski definition) is 16. The lowest BCUT2D eigenvalue weighted by atomic mass is 10.0. The maximum Gasteiger partial charge on any atom is 0.514 e. The topological polar surface area (TPSA) is 317 Å². The quantitative estimate of drug-likeness (QED) is 0.0215. The van der Waals surface area contributed by atoms with E-state index in [-0.39, 0.29) is 24.6 Å². The first-order valence-electron chi connectivity index (χ1n) is 22.4. The zero-order valence-corrected chi connectivity index (χ0v) is 41.4. The number of carbonyl (C=O) groups is 10. The van der Waals surface area contributed by atoms with E-state index in [0.29, 0.717) is 16.2 Å². The fourth-order valence-electron chi connectivity index (χ4n) is 6.33. The Labute approximate surface area is 415 Å². The van der Waals surface area contributed by atoms with Crippen LogP contribution in [0.25, 0.3) is 0 Å². The van der Waals surface area contributed by atoms with E-state index in [9.17, 15) is 58.1 Å². The molecule has 24 heteroatoms. The van der Waals surface area contributed by atoms with Gasteiger partial charge in [0.15, 0.2) is 0 Å². The van der Waals surface area contributed by atoms with Gasteiger partial charge in [-0.05, 0) is 90.6 Å². The Kier molecular flexibility index (Phi) is 20.9. The van der Waals surface area contributed by atoms with Crippen molar-refractivity contribution in [3.8, 4) is 18.1 Å². The Morgan fingerprint density at radius 3 is 1.93 bits per heavy atom. The number of non-ortho nitro benzene ring substituents is 1. The van der Waals surface area contributed by atoms with Gasteiger partial charge in [-0.15, -0.1) is 6.42 Å². The van der Waals surface area contributed by atoms with Crippen LogP contribution in [0.1, 0.15) is 80.7 Å². The molecular weight excluding hydrogens is 945 g/mol. The van der Waals surface area contributed by atoms with Crippen LogP contribution in [0.4, 0.5) is 21.0 Å². The first-order valence-corrected chi connectivity index (χ1v) is 22.4. The van der Waals surface area contributed by atoms with Crippen molar-refractivity contribution in [3.63, 3.8) is 0 Å². The summed E-state index contributed by atoms with van der Waals surface area (Å²) in [5.41, 5.74) is -1.43. The molecule has 1 heterocycles. The number of imide groups is 1. The van der Waals surface area contributed by atoms with Crippen molar-refractivity contribution in [2.24, 2.45) is 5.92 Å². The molecule has 0 spiro atoms. The van der Waals surface area contributed by atoms with E-state index in [0.717, 1.165) is 29.2 Å². The van der Waals surface area contributed by atoms with E-state index >= 15 is 0 Å². The number of hydrogen-bond donors (Lipinski definition) is 5. The standard InChI is InChI=1S/C48H60N8O16/c1-11-24-49-42(62)34(52-43(63)35(55-37(58)22-23-38(55)59)25-54(45(65)72-48(8,9)10)26-39(60)71-47(5,6)7)20-21-36(57)53-40(28(2)3)44(64)50-29(4)41(61)51-31-14-12-30(13-15-31)27-69-46(66)70-33-18-16-32(17-19-33)56(67)68/h1,12-19,22-23,28-29,34-35,40H,20-21,24-27H2,2-10H3,(H,49,62)(H,50,64)(H,51,61)(H,52,63)(H,53,57)/t29-,34-,35-,40-/m0/s1. The van der Waals surface area contributed by atoms with Gasteiger partial charge in [0.2, 0.25) is 29.5 Å². The summed E-state index contributed by atoms with van der Waals surface area (Å²) in [7, 11) is 0. The maximum atomic E-state index is 14.2. The summed E-state index contributed by atoms with van der Waals surface area (Å²) in [5.74, 6) is -5.21. The molecule has 3 rings (SSSR count). The molecule has 5 N–H and O–H groups in total. The molecule has 72 heavy (non-hydrogen) atoms. The van der Waals surface area contributed by atoms with E-state index in [2.05, 4.69) is 32.5 Å². The summed E-state index contributed by atoms with van der Waals surface area (Å²) >= 11 is 0. The van der Waals surface area contributed by atoms with Gasteiger partial charge < -0.3 is 45.5 Å². The largest absolute Gasteiger partial charge is 0.514 e. The number of esters is 1. The van der Waals surface area contributed by atoms with Crippen LogP contribution < -0.4 is 31.3 Å². The first kappa shape index (κ1) is 58.0. The van der Waals surface area contributed by atoms with Crippen molar-refractivity contribution < 1.29 is 71.8 Å². The minimum Gasteiger partial charge on any atom is -0.459 e. The SMILES string of the molecule is C#CCNC(=O)[C@H](CCC(=O)N[C@H](C(=O)N[C@@H](C)C(=O)Nc1ccc(COC(=O)Oc2ccc([N+](=O)[O-])cc2)cc1)C(C)C)NC(=O)[C@H](CN(CC(=O)OC(C)(C)C)C(=O)OC(C)(C)C)N1C(=O)C=CC1=O. The van der Waals surface area contributed by atoms with Gasteiger partial charge in [0.05, 0.1) is 18.0 Å². The van der Waals surface area contributed by atoms with Crippen LogP contribution in [0.2, 0.25) is 0 Å². The zero-order valence-electron chi connectivity index (χ0n) is 41.4. The number of carbonyl (C=O) groups excluding carboxylic acids is 10. The molecule has 0 aliphatic carbocycles. The van der Waals surface area contributed by atoms with E-state index in [1.807, 2.05) is 0 Å². The Bertz CT molecular complexity index is 2420. The molecule has 0 radical (unpaired) electrons. The number of nitrogens with one attached hydrogen (secondary N) is 5. The predicted octanol–water partition coefficient (Wildman–Crippen LogP) is 2.78. The van der Waals surface area contributed by atoms with Crippen LogP contribution in [0.5, 0.6) is 5.75 Å². The Morgan fingerprint density at radius 1 is 0.792 bits per heavy atom. The number of nitrogens with zero attached hydrogens (tertiary/aromatic N) is 3. The maximum absolute atomic E-state index is 14.2. The molecule has 388 valence electrons. The van der Waals surface area contributed by atoms with Crippen LogP contribution in [0, 0.1) is 28.4 Å². The summed E-state index contributed by atoms with van der Waals surface area (Å²) < 4.78 is 20.9. The minimum atomic E-state index is -1.85. The number of nitro groups is 1. The van der Waals surface area contributed by atoms with Gasteiger partial charge in [-0.1, -0.05) is 31.9 Å². The minimum absolute atomic E-state index is 0.0351. The van der Waals surface area contributed by atoms with Gasteiger partial charge >= 0.3 is 18.2 Å². The third kappa shape index (κ3) is 19.2. The third-order valence-corrected chi connectivity index (χ3v) is 9.74. The highest BCUT2D eigenvalue weighted by molar-refractivity contribution is 6.15. The summed E-state index contributed by atoms with van der Waals surface area (Å²) in [6, 6.07) is 5.22. The molecule has 8 amide bonds. The molecule has 1 aliphatic heterocycles. The summed E-state index contributed by atoms with van der Waals surface area (Å²) in [6.07, 6.45) is 4.05. The fraction of sp³-hybridized carbons (Fsp3) is 0.458. The molecule has 0 bridgehead atoms. The molecule has 0 saturated carbocycles. The molecule has 0 saturated heterocycles. The highest BCUT2D eigenvalue weighted by Gasteiger charge is 2.41. The monoisotopic (exact) mass is 1000 g/mol. The fourth-order valence-corrected chi connectivity index (χ4v) is 6.33. The number of amides is 8.